The van der Waals surface area contributed by atoms with Crippen molar-refractivity contribution >= 4 is 39.7 Å². The van der Waals surface area contributed by atoms with Crippen LogP contribution in [0.2, 0.25) is 0 Å². The highest BCUT2D eigenvalue weighted by atomic mass is 32.1. The molecule has 8 heteroatoms. The van der Waals surface area contributed by atoms with Gasteiger partial charge in [0.1, 0.15) is 11.5 Å². The van der Waals surface area contributed by atoms with E-state index in [0.717, 1.165) is 40.7 Å². The molecule has 0 bridgehead atoms. The lowest BCUT2D eigenvalue weighted by atomic mass is 9.89. The smallest absolute Gasteiger partial charge is 0.271 e. The molecular weight excluding hydrogens is 522 g/mol. The van der Waals surface area contributed by atoms with Crippen LogP contribution in [0.4, 0.5) is 5.69 Å². The monoisotopic (exact) mass is 555 g/mol. The molecule has 0 N–H and O–H groups in total. The number of thiazole rings is 1. The van der Waals surface area contributed by atoms with Gasteiger partial charge in [0, 0.05) is 47.2 Å². The lowest BCUT2D eigenvalue weighted by Gasteiger charge is -2.27. The van der Waals surface area contributed by atoms with Gasteiger partial charge in [0.05, 0.1) is 24.8 Å². The van der Waals surface area contributed by atoms with Crippen LogP contribution in [0.25, 0.3) is 16.8 Å². The van der Waals surface area contributed by atoms with Crippen LogP contribution in [0.1, 0.15) is 44.9 Å². The van der Waals surface area contributed by atoms with Crippen molar-refractivity contribution < 1.29 is 14.3 Å². The number of methoxy groups -OCH3 is 2. The van der Waals surface area contributed by atoms with Crippen LogP contribution in [-0.4, -0.2) is 37.7 Å². The number of anilines is 1. The lowest BCUT2D eigenvalue weighted by Crippen LogP contribution is -2.39. The first-order valence-corrected chi connectivity index (χ1v) is 14.2. The molecule has 0 amide bonds. The van der Waals surface area contributed by atoms with E-state index < -0.39 is 6.04 Å². The van der Waals surface area contributed by atoms with Crippen LogP contribution < -0.4 is 29.3 Å². The molecule has 1 aliphatic rings. The first-order valence-electron chi connectivity index (χ1n) is 13.3. The highest BCUT2D eigenvalue weighted by Gasteiger charge is 2.33. The standard InChI is InChI=1S/C32H33N3O4S/c1-7-34(8-2)23-15-13-22(26(18-23)39-6)17-27-31(37)35-30(28(20(4)36)19(3)33-32(35)40-27)29-24-12-10-9-11-21(24)14-16-25(29)38-5/h9-18,30H,7-8H2,1-6H3/b27-17+/t30-/m0/s1. The van der Waals surface area contributed by atoms with Gasteiger partial charge in [0.2, 0.25) is 0 Å². The largest absolute Gasteiger partial charge is 0.496 e. The summed E-state index contributed by atoms with van der Waals surface area (Å²) in [6, 6.07) is 17.1. The lowest BCUT2D eigenvalue weighted by molar-refractivity contribution is -0.114. The SMILES string of the molecule is CCN(CC)c1ccc(/C=c2/sc3n(c2=O)[C@H](c2c(OC)ccc4ccccc24)C(C(C)=O)=C(C)N=3)c(OC)c1. The number of Topliss-reactive ketones (excluding diaryl/α,β-unsaturated/α-hetero) is 1. The maximum absolute atomic E-state index is 14.1. The summed E-state index contributed by atoms with van der Waals surface area (Å²) in [6.45, 7) is 9.34. The third kappa shape index (κ3) is 4.62. The summed E-state index contributed by atoms with van der Waals surface area (Å²) < 4.78 is 13.7. The number of carbonyl (C=O) groups is 1. The summed E-state index contributed by atoms with van der Waals surface area (Å²) in [6.07, 6.45) is 1.85. The molecule has 0 radical (unpaired) electrons. The predicted octanol–water partition coefficient (Wildman–Crippen LogP) is 4.84. The van der Waals surface area contributed by atoms with Crippen molar-refractivity contribution in [2.75, 3.05) is 32.2 Å². The van der Waals surface area contributed by atoms with Gasteiger partial charge in [-0.2, -0.15) is 0 Å². The first-order chi connectivity index (χ1) is 19.3. The normalized spacial score (nSPS) is 15.2. The summed E-state index contributed by atoms with van der Waals surface area (Å²) in [4.78, 5) is 34.7. The molecule has 0 saturated carbocycles. The first kappa shape index (κ1) is 27.4. The number of rotatable bonds is 8. The zero-order chi connectivity index (χ0) is 28.6. The average Bonchev–Trinajstić information content (AvgIpc) is 3.26. The highest BCUT2D eigenvalue weighted by Crippen LogP contribution is 2.40. The second-order valence-corrected chi connectivity index (χ2v) is 10.6. The maximum atomic E-state index is 14.1. The zero-order valence-corrected chi connectivity index (χ0v) is 24.5. The molecule has 0 saturated heterocycles. The van der Waals surface area contributed by atoms with Gasteiger partial charge in [-0.05, 0) is 62.7 Å². The van der Waals surface area contributed by atoms with E-state index in [1.54, 1.807) is 18.8 Å². The van der Waals surface area contributed by atoms with Gasteiger partial charge in [-0.25, -0.2) is 4.99 Å². The number of hydrogen-bond acceptors (Lipinski definition) is 7. The Hall–Kier alpha value is -4.17. The molecule has 4 aromatic rings. The average molecular weight is 556 g/mol. The Morgan fingerprint density at radius 2 is 1.77 bits per heavy atom. The van der Waals surface area contributed by atoms with Crippen LogP contribution in [-0.2, 0) is 4.79 Å². The molecule has 7 nitrogen and oxygen atoms in total. The molecule has 0 fully saturated rings. The number of carbonyl (C=O) groups excluding carboxylic acids is 1. The van der Waals surface area contributed by atoms with Gasteiger partial charge in [-0.1, -0.05) is 41.7 Å². The van der Waals surface area contributed by atoms with Gasteiger partial charge in [0.25, 0.3) is 5.56 Å². The molecule has 0 aliphatic carbocycles. The quantitative estimate of drug-likeness (QED) is 0.311. The van der Waals surface area contributed by atoms with Gasteiger partial charge in [0.15, 0.2) is 10.6 Å². The van der Waals surface area contributed by atoms with Crippen LogP contribution in [0.5, 0.6) is 11.5 Å². The maximum Gasteiger partial charge on any atom is 0.271 e. The third-order valence-electron chi connectivity index (χ3n) is 7.46. The van der Waals surface area contributed by atoms with Crippen LogP contribution in [0.15, 0.2) is 75.7 Å². The molecule has 2 heterocycles. The van der Waals surface area contributed by atoms with E-state index >= 15 is 0 Å². The molecule has 40 heavy (non-hydrogen) atoms. The van der Waals surface area contributed by atoms with Crippen molar-refractivity contribution in [3.05, 3.63) is 96.7 Å². The Bertz CT molecular complexity index is 1830. The minimum atomic E-state index is -0.677. The predicted molar refractivity (Wildman–Crippen MR) is 162 cm³/mol. The van der Waals surface area contributed by atoms with E-state index in [-0.39, 0.29) is 11.3 Å². The van der Waals surface area contributed by atoms with E-state index in [1.165, 1.54) is 18.3 Å². The molecule has 0 spiro atoms. The number of benzene rings is 3. The fraction of sp³-hybridized carbons (Fsp3) is 0.281. The van der Waals surface area contributed by atoms with Gasteiger partial charge < -0.3 is 14.4 Å². The Balaban J connectivity index is 1.77. The van der Waals surface area contributed by atoms with E-state index in [0.29, 0.717) is 32.1 Å². The minimum absolute atomic E-state index is 0.135. The molecular formula is C32H33N3O4S. The number of fused-ring (bicyclic) bond motifs is 2. The van der Waals surface area contributed by atoms with Gasteiger partial charge in [-0.15, -0.1) is 0 Å². The van der Waals surface area contributed by atoms with Crippen LogP contribution in [0, 0.1) is 0 Å². The molecule has 3 aromatic carbocycles. The summed E-state index contributed by atoms with van der Waals surface area (Å²) in [5, 5.41) is 1.92. The Morgan fingerprint density at radius 3 is 2.45 bits per heavy atom. The number of ether oxygens (including phenoxy) is 2. The number of aromatic nitrogens is 1. The number of allylic oxidation sites excluding steroid dienone is 2. The topological polar surface area (TPSA) is 73.1 Å². The van der Waals surface area contributed by atoms with Crippen LogP contribution in [0.3, 0.4) is 0 Å². The third-order valence-corrected chi connectivity index (χ3v) is 8.44. The van der Waals surface area contributed by atoms with Crippen molar-refractivity contribution in [3.8, 4) is 11.5 Å². The Morgan fingerprint density at radius 1 is 1.05 bits per heavy atom. The van der Waals surface area contributed by atoms with Crippen molar-refractivity contribution in [2.24, 2.45) is 4.99 Å². The Kier molecular flexibility index (Phi) is 7.63. The second-order valence-electron chi connectivity index (χ2n) is 9.64. The van der Waals surface area contributed by atoms with Crippen molar-refractivity contribution in [2.45, 2.75) is 33.7 Å². The van der Waals surface area contributed by atoms with Gasteiger partial charge >= 0.3 is 0 Å². The molecule has 1 aliphatic heterocycles. The summed E-state index contributed by atoms with van der Waals surface area (Å²) >= 11 is 1.31. The number of hydrogen-bond donors (Lipinski definition) is 0. The molecule has 5 rings (SSSR count). The Labute approximate surface area is 237 Å². The van der Waals surface area contributed by atoms with E-state index in [9.17, 15) is 9.59 Å². The van der Waals surface area contributed by atoms with E-state index in [1.807, 2.05) is 67.6 Å². The van der Waals surface area contributed by atoms with Crippen molar-refractivity contribution in [3.63, 3.8) is 0 Å². The second kappa shape index (κ2) is 11.1. The van der Waals surface area contributed by atoms with Crippen molar-refractivity contribution in [1.29, 1.82) is 0 Å². The molecule has 1 aromatic heterocycles. The minimum Gasteiger partial charge on any atom is -0.496 e. The summed E-state index contributed by atoms with van der Waals surface area (Å²) in [5.74, 6) is 1.16. The fourth-order valence-corrected chi connectivity index (χ4v) is 6.56. The molecule has 1 atom stereocenters. The zero-order valence-electron chi connectivity index (χ0n) is 23.6. The number of ketones is 1. The van der Waals surface area contributed by atoms with Gasteiger partial charge in [-0.3, -0.25) is 14.2 Å². The fourth-order valence-electron chi connectivity index (χ4n) is 5.53. The molecule has 206 valence electrons. The van der Waals surface area contributed by atoms with Crippen LogP contribution >= 0.6 is 11.3 Å². The van der Waals surface area contributed by atoms with Crippen molar-refractivity contribution in [1.82, 2.24) is 4.57 Å². The molecule has 0 unspecified atom stereocenters. The number of nitrogens with zero attached hydrogens (tertiary/aromatic N) is 3. The van der Waals surface area contributed by atoms with E-state index in [2.05, 4.69) is 18.7 Å². The summed E-state index contributed by atoms with van der Waals surface area (Å²) in [7, 11) is 3.24. The summed E-state index contributed by atoms with van der Waals surface area (Å²) in [5.41, 5.74) is 3.49. The highest BCUT2D eigenvalue weighted by molar-refractivity contribution is 7.07. The van der Waals surface area contributed by atoms with E-state index in [4.69, 9.17) is 14.5 Å².